The molecule has 34 heavy (non-hydrogen) atoms. The number of allylic oxidation sites excluding steroid dienone is 2. The number of nitrogens with one attached hydrogen (secondary N) is 1. The quantitative estimate of drug-likeness (QED) is 0.303. The zero-order valence-corrected chi connectivity index (χ0v) is 22.1. The molecule has 0 fully saturated rings. The highest BCUT2D eigenvalue weighted by Crippen LogP contribution is 2.37. The average molecular weight is 473 g/mol. The van der Waals surface area contributed by atoms with Crippen molar-refractivity contribution < 1.29 is 0 Å². The number of aromatic nitrogens is 1. The van der Waals surface area contributed by atoms with E-state index in [0.717, 1.165) is 25.9 Å². The van der Waals surface area contributed by atoms with E-state index >= 15 is 0 Å². The first-order chi connectivity index (χ1) is 16.4. The number of hydrogen-bond acceptors (Lipinski definition) is 3. The maximum absolute atomic E-state index is 4.56. The average Bonchev–Trinajstić information content (AvgIpc) is 3.19. The van der Waals surface area contributed by atoms with Crippen LogP contribution in [-0.4, -0.2) is 35.9 Å². The van der Waals surface area contributed by atoms with Gasteiger partial charge in [0.25, 0.3) is 0 Å². The fourth-order valence-corrected chi connectivity index (χ4v) is 5.30. The molecule has 0 unspecified atom stereocenters. The summed E-state index contributed by atoms with van der Waals surface area (Å²) in [6.07, 6.45) is 5.96. The normalized spacial score (nSPS) is 14.1. The van der Waals surface area contributed by atoms with Gasteiger partial charge in [-0.25, -0.2) is 0 Å². The summed E-state index contributed by atoms with van der Waals surface area (Å²) in [7, 11) is 4.15. The van der Waals surface area contributed by atoms with Gasteiger partial charge in [-0.1, -0.05) is 30.0 Å². The van der Waals surface area contributed by atoms with Crippen molar-refractivity contribution in [2.75, 3.05) is 20.1 Å². The van der Waals surface area contributed by atoms with E-state index in [1.165, 1.54) is 55.0 Å². The largest absolute Gasteiger partial charge is 0.366 e. The maximum Gasteiger partial charge on any atom is 0.0847 e. The van der Waals surface area contributed by atoms with Crippen LogP contribution in [0.15, 0.2) is 64.4 Å². The van der Waals surface area contributed by atoms with E-state index in [0.29, 0.717) is 0 Å². The highest BCUT2D eigenvalue weighted by atomic mass is 32.2. The lowest BCUT2D eigenvalue weighted by atomic mass is 9.95. The highest BCUT2D eigenvalue weighted by Gasteiger charge is 2.15. The van der Waals surface area contributed by atoms with Crippen LogP contribution in [0.2, 0.25) is 0 Å². The van der Waals surface area contributed by atoms with Crippen molar-refractivity contribution in [1.82, 2.24) is 14.8 Å². The number of hydrogen-bond donors (Lipinski definition) is 1. The second-order valence-corrected chi connectivity index (χ2v) is 10.1. The summed E-state index contributed by atoms with van der Waals surface area (Å²) < 4.78 is 2.17. The second kappa shape index (κ2) is 10.6. The number of rotatable bonds is 8. The predicted molar refractivity (Wildman–Crippen MR) is 149 cm³/mol. The van der Waals surface area contributed by atoms with E-state index in [-0.39, 0.29) is 0 Å². The van der Waals surface area contributed by atoms with E-state index < -0.39 is 0 Å². The third-order valence-electron chi connectivity index (χ3n) is 6.62. The molecule has 0 saturated carbocycles. The third kappa shape index (κ3) is 5.41. The maximum atomic E-state index is 4.56. The van der Waals surface area contributed by atoms with Crippen molar-refractivity contribution in [1.29, 1.82) is 0 Å². The van der Waals surface area contributed by atoms with Crippen molar-refractivity contribution in [3.63, 3.8) is 0 Å². The predicted octanol–water partition coefficient (Wildman–Crippen LogP) is 6.43. The number of thioether (sulfide) groups is 1. The standard InChI is InChI=1S/C29H36N4S/c1-7-32(5)19-30-12-10-23-14-21(3)26(15-20(23)2)17-27-18-34-29(22(4)31-27)25-8-9-28-24(16-25)11-13-33(28)6/h8-9,11,13-16,18-19,31H,7,10,12,17H2,1-6H3. The van der Waals surface area contributed by atoms with Gasteiger partial charge in [-0.3, -0.25) is 4.99 Å². The lowest BCUT2D eigenvalue weighted by Gasteiger charge is -2.22. The fourth-order valence-electron chi connectivity index (χ4n) is 4.40. The number of benzene rings is 2. The van der Waals surface area contributed by atoms with Gasteiger partial charge in [0.1, 0.15) is 0 Å². The van der Waals surface area contributed by atoms with Crippen LogP contribution in [0.5, 0.6) is 0 Å². The number of aryl methyl sites for hydroxylation is 3. The van der Waals surface area contributed by atoms with Crippen LogP contribution < -0.4 is 5.32 Å². The monoisotopic (exact) mass is 472 g/mol. The molecule has 1 aromatic heterocycles. The first-order valence-electron chi connectivity index (χ1n) is 12.0. The summed E-state index contributed by atoms with van der Waals surface area (Å²) in [5.74, 6) is 0. The Kier molecular flexibility index (Phi) is 7.52. The SMILES string of the molecule is CCN(C)C=NCCc1cc(C)c(CC2=CSC(c3ccc4c(ccn4C)c3)=C(C)N2)cc1C. The van der Waals surface area contributed by atoms with Crippen LogP contribution in [0.25, 0.3) is 15.8 Å². The van der Waals surface area contributed by atoms with Gasteiger partial charge < -0.3 is 14.8 Å². The minimum Gasteiger partial charge on any atom is -0.366 e. The van der Waals surface area contributed by atoms with Crippen LogP contribution in [0, 0.1) is 13.8 Å². The molecule has 0 amide bonds. The van der Waals surface area contributed by atoms with Gasteiger partial charge >= 0.3 is 0 Å². The lowest BCUT2D eigenvalue weighted by Crippen LogP contribution is -2.17. The zero-order chi connectivity index (χ0) is 24.2. The summed E-state index contributed by atoms with van der Waals surface area (Å²) >= 11 is 1.83. The van der Waals surface area contributed by atoms with E-state index in [9.17, 15) is 0 Å². The molecule has 3 aromatic rings. The van der Waals surface area contributed by atoms with E-state index in [1.54, 1.807) is 0 Å². The van der Waals surface area contributed by atoms with Crippen molar-refractivity contribution in [2.45, 2.75) is 40.5 Å². The van der Waals surface area contributed by atoms with Gasteiger partial charge in [-0.05, 0) is 85.5 Å². The zero-order valence-electron chi connectivity index (χ0n) is 21.3. The smallest absolute Gasteiger partial charge is 0.0847 e. The van der Waals surface area contributed by atoms with E-state index in [1.807, 2.05) is 18.1 Å². The van der Waals surface area contributed by atoms with Gasteiger partial charge in [-0.2, -0.15) is 0 Å². The molecule has 5 heteroatoms. The van der Waals surface area contributed by atoms with Crippen molar-refractivity contribution in [3.8, 4) is 0 Å². The van der Waals surface area contributed by atoms with Crippen molar-refractivity contribution >= 4 is 33.9 Å². The molecular formula is C29H36N4S. The molecule has 0 radical (unpaired) electrons. The minimum atomic E-state index is 0.828. The minimum absolute atomic E-state index is 0.828. The Hall–Kier alpha value is -2.92. The third-order valence-corrected chi connectivity index (χ3v) is 7.80. The topological polar surface area (TPSA) is 32.6 Å². The van der Waals surface area contributed by atoms with Crippen molar-refractivity contribution in [3.05, 3.63) is 87.2 Å². The van der Waals surface area contributed by atoms with Crippen LogP contribution >= 0.6 is 11.8 Å². The Bertz CT molecular complexity index is 1280. The molecule has 0 saturated heterocycles. The molecule has 178 valence electrons. The van der Waals surface area contributed by atoms with Gasteiger partial charge in [0.15, 0.2) is 0 Å². The molecule has 1 aliphatic rings. The molecule has 0 atom stereocenters. The molecule has 4 nitrogen and oxygen atoms in total. The second-order valence-electron chi connectivity index (χ2n) is 9.27. The molecule has 1 aliphatic heterocycles. The van der Waals surface area contributed by atoms with Crippen LogP contribution in [-0.2, 0) is 19.9 Å². The summed E-state index contributed by atoms with van der Waals surface area (Å²) in [5, 5.41) is 7.24. The Morgan fingerprint density at radius 2 is 1.82 bits per heavy atom. The summed E-state index contributed by atoms with van der Waals surface area (Å²) in [6, 6.07) is 13.6. The Balaban J connectivity index is 1.42. The Morgan fingerprint density at radius 1 is 1.06 bits per heavy atom. The molecule has 0 bridgehead atoms. The van der Waals surface area contributed by atoms with Gasteiger partial charge in [0.2, 0.25) is 0 Å². The van der Waals surface area contributed by atoms with Gasteiger partial charge in [-0.15, -0.1) is 0 Å². The molecule has 2 heterocycles. The van der Waals surface area contributed by atoms with Gasteiger partial charge in [0, 0.05) is 67.0 Å². The number of fused-ring (bicyclic) bond motifs is 1. The molecule has 0 spiro atoms. The first kappa shape index (κ1) is 24.2. The Labute approximate surface area is 208 Å². The van der Waals surface area contributed by atoms with E-state index in [2.05, 4.69) is 110 Å². The summed E-state index contributed by atoms with van der Waals surface area (Å²) in [6.45, 7) is 10.6. The molecule has 1 N–H and O–H groups in total. The number of nitrogens with zero attached hydrogens (tertiary/aromatic N) is 3. The van der Waals surface area contributed by atoms with Crippen LogP contribution in [0.1, 0.15) is 41.7 Å². The van der Waals surface area contributed by atoms with Crippen LogP contribution in [0.4, 0.5) is 0 Å². The lowest BCUT2D eigenvalue weighted by molar-refractivity contribution is 0.549. The van der Waals surface area contributed by atoms with E-state index in [4.69, 9.17) is 0 Å². The molecule has 2 aromatic carbocycles. The summed E-state index contributed by atoms with van der Waals surface area (Å²) in [5.41, 5.74) is 10.5. The summed E-state index contributed by atoms with van der Waals surface area (Å²) in [4.78, 5) is 7.96. The molecule has 4 rings (SSSR count). The first-order valence-corrected chi connectivity index (χ1v) is 12.9. The van der Waals surface area contributed by atoms with Crippen molar-refractivity contribution in [2.24, 2.45) is 12.0 Å². The Morgan fingerprint density at radius 3 is 2.59 bits per heavy atom. The fraction of sp³-hybridized carbons (Fsp3) is 0.345. The highest BCUT2D eigenvalue weighted by molar-refractivity contribution is 8.11. The van der Waals surface area contributed by atoms with Crippen LogP contribution in [0.3, 0.4) is 0 Å². The van der Waals surface area contributed by atoms with Gasteiger partial charge in [0.05, 0.1) is 6.34 Å². The molecule has 0 aliphatic carbocycles. The molecular weight excluding hydrogens is 436 g/mol. The number of aliphatic imine (C=N–C) groups is 1.